The van der Waals surface area contributed by atoms with Gasteiger partial charge >= 0.3 is 0 Å². The molecule has 124 valence electrons. The van der Waals surface area contributed by atoms with Crippen molar-refractivity contribution in [3.63, 3.8) is 0 Å². The lowest BCUT2D eigenvalue weighted by Crippen LogP contribution is -2.31. The maximum absolute atomic E-state index is 4.54. The maximum atomic E-state index is 4.54. The van der Waals surface area contributed by atoms with Crippen LogP contribution in [-0.4, -0.2) is 45.9 Å². The van der Waals surface area contributed by atoms with Crippen molar-refractivity contribution in [3.05, 3.63) is 42.4 Å². The zero-order chi connectivity index (χ0) is 16.5. The summed E-state index contributed by atoms with van der Waals surface area (Å²) >= 11 is 0. The van der Waals surface area contributed by atoms with Gasteiger partial charge in [-0.15, -0.1) is 0 Å². The molecule has 0 spiro atoms. The van der Waals surface area contributed by atoms with Crippen molar-refractivity contribution in [2.45, 2.75) is 13.3 Å². The summed E-state index contributed by atoms with van der Waals surface area (Å²) in [4.78, 5) is 13.7. The van der Waals surface area contributed by atoms with Crippen LogP contribution in [0.5, 0.6) is 0 Å². The van der Waals surface area contributed by atoms with E-state index in [1.807, 2.05) is 13.2 Å². The molecule has 0 unspecified atom stereocenters. The van der Waals surface area contributed by atoms with Crippen LogP contribution in [-0.2, 0) is 7.05 Å². The Bertz CT molecular complexity index is 838. The molecule has 1 aromatic carbocycles. The van der Waals surface area contributed by atoms with Gasteiger partial charge in [0.05, 0.1) is 11.6 Å². The molecule has 0 aliphatic carbocycles. The number of hydrogen-bond donors (Lipinski definition) is 0. The molecule has 0 amide bonds. The first-order valence-electron chi connectivity index (χ1n) is 8.41. The molecule has 3 aromatic rings. The second-order valence-corrected chi connectivity index (χ2v) is 6.37. The van der Waals surface area contributed by atoms with Gasteiger partial charge in [-0.1, -0.05) is 17.7 Å². The predicted octanol–water partition coefficient (Wildman–Crippen LogP) is 2.39. The van der Waals surface area contributed by atoms with Gasteiger partial charge in [-0.05, 0) is 25.5 Å². The van der Waals surface area contributed by atoms with Crippen LogP contribution < -0.4 is 9.80 Å². The average Bonchev–Trinajstić information content (AvgIpc) is 2.83. The van der Waals surface area contributed by atoms with Crippen LogP contribution >= 0.6 is 0 Å². The van der Waals surface area contributed by atoms with Crippen LogP contribution in [0, 0.1) is 6.92 Å². The number of aryl methyl sites for hydroxylation is 2. The maximum Gasteiger partial charge on any atom is 0.163 e. The molecule has 0 saturated carbocycles. The zero-order valence-corrected chi connectivity index (χ0v) is 14.2. The molecular formula is C18H22N6. The molecule has 4 rings (SSSR count). The van der Waals surface area contributed by atoms with Gasteiger partial charge in [-0.3, -0.25) is 4.68 Å². The van der Waals surface area contributed by atoms with Gasteiger partial charge < -0.3 is 9.80 Å². The number of rotatable bonds is 2. The van der Waals surface area contributed by atoms with E-state index in [4.69, 9.17) is 0 Å². The third kappa shape index (κ3) is 2.68. The number of fused-ring (bicyclic) bond motifs is 1. The highest BCUT2D eigenvalue weighted by Gasteiger charge is 2.19. The van der Waals surface area contributed by atoms with Crippen molar-refractivity contribution in [2.75, 3.05) is 36.0 Å². The van der Waals surface area contributed by atoms with Gasteiger partial charge in [0.15, 0.2) is 5.65 Å². The van der Waals surface area contributed by atoms with E-state index in [1.165, 1.54) is 11.3 Å². The van der Waals surface area contributed by atoms with Gasteiger partial charge in [0, 0.05) is 38.9 Å². The van der Waals surface area contributed by atoms with Crippen LogP contribution in [0.4, 0.5) is 11.5 Å². The van der Waals surface area contributed by atoms with E-state index in [1.54, 1.807) is 11.0 Å². The Morgan fingerprint density at radius 2 is 1.67 bits per heavy atom. The Balaban J connectivity index is 1.57. The van der Waals surface area contributed by atoms with Gasteiger partial charge in [-0.25, -0.2) is 9.97 Å². The molecule has 3 heterocycles. The lowest BCUT2D eigenvalue weighted by atomic mass is 10.2. The molecule has 1 aliphatic rings. The van der Waals surface area contributed by atoms with Gasteiger partial charge in [0.25, 0.3) is 0 Å². The Morgan fingerprint density at radius 3 is 2.50 bits per heavy atom. The minimum atomic E-state index is 0.889. The number of benzene rings is 1. The number of anilines is 2. The molecule has 6 heteroatoms. The fourth-order valence-corrected chi connectivity index (χ4v) is 3.34. The molecule has 0 N–H and O–H groups in total. The molecule has 0 bridgehead atoms. The summed E-state index contributed by atoms with van der Waals surface area (Å²) in [5.41, 5.74) is 3.49. The Labute approximate surface area is 141 Å². The Hall–Kier alpha value is -2.63. The van der Waals surface area contributed by atoms with Crippen molar-refractivity contribution in [3.8, 4) is 0 Å². The van der Waals surface area contributed by atoms with E-state index in [-0.39, 0.29) is 0 Å². The van der Waals surface area contributed by atoms with Crippen molar-refractivity contribution in [1.29, 1.82) is 0 Å². The first kappa shape index (κ1) is 14.9. The fraction of sp³-hybridized carbons (Fsp3) is 0.389. The highest BCUT2D eigenvalue weighted by atomic mass is 15.3. The molecule has 0 atom stereocenters. The predicted molar refractivity (Wildman–Crippen MR) is 96.5 cm³/mol. The Morgan fingerprint density at radius 1 is 0.917 bits per heavy atom. The third-order valence-corrected chi connectivity index (χ3v) is 4.70. The van der Waals surface area contributed by atoms with E-state index in [9.17, 15) is 0 Å². The summed E-state index contributed by atoms with van der Waals surface area (Å²) in [5.74, 6) is 0.999. The fourth-order valence-electron chi connectivity index (χ4n) is 3.34. The van der Waals surface area contributed by atoms with E-state index in [2.05, 4.69) is 56.1 Å². The molecular weight excluding hydrogens is 300 g/mol. The first-order valence-corrected chi connectivity index (χ1v) is 8.41. The normalized spacial score (nSPS) is 15.8. The smallest absolute Gasteiger partial charge is 0.163 e. The summed E-state index contributed by atoms with van der Waals surface area (Å²) < 4.78 is 1.80. The summed E-state index contributed by atoms with van der Waals surface area (Å²) in [7, 11) is 1.92. The topological polar surface area (TPSA) is 50.1 Å². The van der Waals surface area contributed by atoms with Crippen molar-refractivity contribution < 1.29 is 0 Å². The summed E-state index contributed by atoms with van der Waals surface area (Å²) in [5, 5.41) is 5.35. The SMILES string of the molecule is Cc1ccc(N2CCCN(c3ncnc4c3cnn4C)CC2)cc1. The van der Waals surface area contributed by atoms with Gasteiger partial charge in [0.2, 0.25) is 0 Å². The molecule has 24 heavy (non-hydrogen) atoms. The highest BCUT2D eigenvalue weighted by Crippen LogP contribution is 2.24. The Kier molecular flexibility index (Phi) is 3.80. The van der Waals surface area contributed by atoms with E-state index in [0.717, 1.165) is 49.5 Å². The van der Waals surface area contributed by atoms with E-state index < -0.39 is 0 Å². The number of aromatic nitrogens is 4. The highest BCUT2D eigenvalue weighted by molar-refractivity contribution is 5.86. The van der Waals surface area contributed by atoms with E-state index >= 15 is 0 Å². The molecule has 1 aliphatic heterocycles. The molecule has 6 nitrogen and oxygen atoms in total. The summed E-state index contributed by atoms with van der Waals surface area (Å²) in [6.45, 7) is 6.15. The minimum absolute atomic E-state index is 0.889. The molecule has 1 saturated heterocycles. The van der Waals surface area contributed by atoms with Gasteiger partial charge in [-0.2, -0.15) is 5.10 Å². The summed E-state index contributed by atoms with van der Waals surface area (Å²) in [6.07, 6.45) is 4.62. The first-order chi connectivity index (χ1) is 11.7. The largest absolute Gasteiger partial charge is 0.370 e. The minimum Gasteiger partial charge on any atom is -0.370 e. The van der Waals surface area contributed by atoms with E-state index in [0.29, 0.717) is 0 Å². The van der Waals surface area contributed by atoms with Crippen molar-refractivity contribution >= 4 is 22.5 Å². The molecule has 2 aromatic heterocycles. The second-order valence-electron chi connectivity index (χ2n) is 6.37. The molecule has 0 radical (unpaired) electrons. The number of hydrogen-bond acceptors (Lipinski definition) is 5. The van der Waals surface area contributed by atoms with Crippen molar-refractivity contribution in [1.82, 2.24) is 19.7 Å². The summed E-state index contributed by atoms with van der Waals surface area (Å²) in [6, 6.07) is 8.80. The number of nitrogens with zero attached hydrogens (tertiary/aromatic N) is 6. The van der Waals surface area contributed by atoms with Gasteiger partial charge in [0.1, 0.15) is 12.1 Å². The quantitative estimate of drug-likeness (QED) is 0.725. The van der Waals surface area contributed by atoms with Crippen LogP contribution in [0.3, 0.4) is 0 Å². The third-order valence-electron chi connectivity index (χ3n) is 4.70. The lowest BCUT2D eigenvalue weighted by molar-refractivity contribution is 0.782. The zero-order valence-electron chi connectivity index (χ0n) is 14.2. The lowest BCUT2D eigenvalue weighted by Gasteiger charge is -2.24. The van der Waals surface area contributed by atoms with Crippen molar-refractivity contribution in [2.24, 2.45) is 7.05 Å². The monoisotopic (exact) mass is 322 g/mol. The average molecular weight is 322 g/mol. The van der Waals surface area contributed by atoms with Crippen LogP contribution in [0.25, 0.3) is 11.0 Å². The standard InChI is InChI=1S/C18H22N6/c1-14-4-6-15(7-5-14)23-8-3-9-24(11-10-23)18-16-12-21-22(2)17(16)19-13-20-18/h4-7,12-13H,3,8-11H2,1-2H3. The van der Waals surface area contributed by atoms with Crippen LogP contribution in [0.2, 0.25) is 0 Å². The van der Waals surface area contributed by atoms with Crippen LogP contribution in [0.15, 0.2) is 36.8 Å². The second kappa shape index (κ2) is 6.11. The molecule has 1 fully saturated rings. The van der Waals surface area contributed by atoms with Crippen LogP contribution in [0.1, 0.15) is 12.0 Å².